The molecule has 0 aromatic heterocycles. The lowest BCUT2D eigenvalue weighted by Crippen LogP contribution is -2.38. The molecule has 0 aliphatic carbocycles. The van der Waals surface area contributed by atoms with Gasteiger partial charge in [0.1, 0.15) is 85.8 Å². The largest absolute Gasteiger partial charge is 0.493 e. The molecule has 30 heteroatoms. The molecule has 0 saturated carbocycles. The highest BCUT2D eigenvalue weighted by Crippen LogP contribution is 2.45. The maximum Gasteiger partial charge on any atom is 0.231 e. The van der Waals surface area contributed by atoms with Gasteiger partial charge in [0.15, 0.2) is 69.0 Å². The van der Waals surface area contributed by atoms with Gasteiger partial charge in [0.05, 0.1) is 83.3 Å². The highest BCUT2D eigenvalue weighted by molar-refractivity contribution is 5.52. The van der Waals surface area contributed by atoms with Gasteiger partial charge in [0.2, 0.25) is 40.5 Å². The van der Waals surface area contributed by atoms with E-state index in [-0.39, 0.29) is 117 Å². The first kappa shape index (κ1) is 46.2. The third-order valence-corrected chi connectivity index (χ3v) is 21.2. The van der Waals surface area contributed by atoms with Crippen molar-refractivity contribution in [2.45, 2.75) is 73.8 Å². The van der Waals surface area contributed by atoms with Crippen LogP contribution in [0.1, 0.15) is 202 Å². The van der Waals surface area contributed by atoms with Gasteiger partial charge in [-0.25, -0.2) is 26.3 Å². The zero-order chi connectivity index (χ0) is 159. The number of nitrogens with one attached hydrogen (secondary N) is 6. The van der Waals surface area contributed by atoms with Crippen molar-refractivity contribution in [1.82, 2.24) is 31.9 Å². The Bertz CT molecular complexity index is 9980. The Labute approximate surface area is 931 Å². The van der Waals surface area contributed by atoms with E-state index in [2.05, 4.69) is 31.9 Å². The molecule has 0 amide bonds. The van der Waals surface area contributed by atoms with Crippen LogP contribution in [-0.2, 0) is 0 Å². The number of halogens is 6. The molecule has 12 aliphatic heterocycles. The van der Waals surface area contributed by atoms with E-state index in [9.17, 15) is 26.3 Å². The fourth-order valence-electron chi connectivity index (χ4n) is 14.0. The van der Waals surface area contributed by atoms with Crippen LogP contribution >= 0.6 is 0 Å². The number of piperidine rings is 6. The highest BCUT2D eigenvalue weighted by atomic mass is 19.1. The smallest absolute Gasteiger partial charge is 0.231 e. The summed E-state index contributed by atoms with van der Waals surface area (Å²) in [5.74, 6) is -34.0. The lowest BCUT2D eigenvalue weighted by molar-refractivity contribution is 0.173. The average molecular weight is 2050 g/mol. The zero-order valence-electron chi connectivity index (χ0n) is 143. The normalized spacial score (nSPS) is 37.9. The lowest BCUT2D eigenvalue weighted by Gasteiger charge is -2.32. The molecule has 6 fully saturated rings. The van der Waals surface area contributed by atoms with E-state index in [4.69, 9.17) is 180 Å². The van der Waals surface area contributed by atoms with Crippen LogP contribution in [0.3, 0.4) is 0 Å². The van der Waals surface area contributed by atoms with Crippen molar-refractivity contribution >= 4 is 0 Å². The molecule has 144 heavy (non-hydrogen) atoms. The summed E-state index contributed by atoms with van der Waals surface area (Å²) < 4.78 is 738. The number of ether oxygens (including phenoxy) is 18. The second-order valence-electron chi connectivity index (χ2n) is 30.5. The van der Waals surface area contributed by atoms with Crippen LogP contribution in [0.2, 0.25) is 0 Å². The second kappa shape index (κ2) is 49.1. The van der Waals surface area contributed by atoms with Crippen molar-refractivity contribution < 1.29 is 206 Å². The van der Waals surface area contributed by atoms with Crippen LogP contribution in [-0.4, -0.2) is 158 Å². The molecule has 12 heterocycles. The molecular formula is C114H120F6N6O18. The van der Waals surface area contributed by atoms with E-state index < -0.39 is 468 Å². The van der Waals surface area contributed by atoms with E-state index in [1.807, 2.05) is 0 Å². The third kappa shape index (κ3) is 26.5. The Morgan fingerprint density at radius 1 is 0.250 bits per heavy atom. The Morgan fingerprint density at radius 3 is 0.889 bits per heavy atom. The molecule has 756 valence electrons. The zero-order valence-corrected chi connectivity index (χ0v) is 73.6. The number of benzene rings is 12. The molecule has 24 rings (SSSR count). The summed E-state index contributed by atoms with van der Waals surface area (Å²) >= 11 is 0. The molecule has 0 radical (unpaired) electrons. The average Bonchev–Trinajstić information content (AvgIpc) is 1.29. The summed E-state index contributed by atoms with van der Waals surface area (Å²) in [7, 11) is 0. The second-order valence-corrected chi connectivity index (χ2v) is 30.5. The first-order chi connectivity index (χ1) is 97.1. The molecule has 0 spiro atoms. The van der Waals surface area contributed by atoms with Gasteiger partial charge in [-0.2, -0.15) is 0 Å². The van der Waals surface area contributed by atoms with Crippen LogP contribution < -0.4 is 117 Å². The quantitative estimate of drug-likeness (QED) is 0.0308. The Morgan fingerprint density at radius 2 is 0.500 bits per heavy atom. The van der Waals surface area contributed by atoms with Crippen molar-refractivity contribution in [3.05, 3.63) is 322 Å². The molecule has 12 aromatic rings. The Hall–Kier alpha value is -13.6. The molecule has 12 atom stereocenters. The maximum atomic E-state index is 14.2. The summed E-state index contributed by atoms with van der Waals surface area (Å²) in [5.41, 5.74) is -4.11. The fraction of sp³-hybridized carbons (Fsp3) is 0.368. The lowest BCUT2D eigenvalue weighted by atomic mass is 9.81. The molecule has 0 bridgehead atoms. The van der Waals surface area contributed by atoms with E-state index in [1.165, 1.54) is 84.9 Å². The van der Waals surface area contributed by atoms with Crippen molar-refractivity contribution in [2.75, 3.05) is 158 Å². The van der Waals surface area contributed by atoms with E-state index in [0.29, 0.717) is 0 Å². The minimum atomic E-state index is -3.23. The van der Waals surface area contributed by atoms with E-state index >= 15 is 0 Å². The van der Waals surface area contributed by atoms with Crippen molar-refractivity contribution in [2.24, 2.45) is 35.4 Å². The van der Waals surface area contributed by atoms with Crippen LogP contribution in [0.25, 0.3) is 0 Å². The number of fused-ring (bicyclic) bond motifs is 6. The van der Waals surface area contributed by atoms with E-state index in [1.54, 1.807) is 0 Å². The van der Waals surface area contributed by atoms with Gasteiger partial charge in [0, 0.05) is 145 Å². The van der Waals surface area contributed by atoms with Gasteiger partial charge in [-0.1, -0.05) is 72.5 Å². The predicted octanol–water partition coefficient (Wildman–Crippen LogP) is 20.0. The summed E-state index contributed by atoms with van der Waals surface area (Å²) in [4.78, 5) is 0. The molecule has 24 nitrogen and oxygen atoms in total. The topological polar surface area (TPSA) is 238 Å². The SMILES string of the molecule is [2H]c1c([2H])c(C2([2H])CC([2H])([2H])NC[C@H]2C([2H])([2H])Oc2ccc3c(c2)OC([2H])([2H])O3)c([2H])c([2H])c1F.[2H]c1c([2H])c(C2([2H])CC([2H])([2H])NC[C@]2([2H])C([2H])([2H])Oc2ccc3c(c2)OC([2H])([2H])O3)c([2H])c([2H])c1F.[2H]c1c([2H])c(C2C([2H])([2H])C([2H])([2H])NC[C@]2([2H])C([2H])([2H])Oc2ccc3c(c2)OC([2H])([2H])O3)c([2H])c([2H])c1F.[2H]c1c([2H])c(C2C([2H])([2H])C([2H])([2H])NC[C@]2([2H])COc2ccc3c(c2)OC([2H])([2H])O3)c([2H])c([2H])c1F.[2H]c1c([2H])c(C2[C@H](C([2H])([2H])Oc3ccc4c(c3)OC([2H])([2H])O4)CNC([2H])([2H])C2([2H])[2H])c([2H])c([2H])c1F.[2H]c1c([2H])c(C2[C@H](COc3ccc4c(c3)OC([2H])([2H])O4)CNC([2H])([2H])C2([2H])[2H])c([2H])c([2H])c1F. The molecule has 12 aliphatic rings. The van der Waals surface area contributed by atoms with Crippen LogP contribution in [0, 0.1) is 70.3 Å². The van der Waals surface area contributed by atoms with Gasteiger partial charge in [0.25, 0.3) is 0 Å². The highest BCUT2D eigenvalue weighted by Gasteiger charge is 2.35. The first-order valence-corrected chi connectivity index (χ1v) is 42.8. The number of rotatable bonds is 24. The monoisotopic (exact) mass is 2040 g/mol. The van der Waals surface area contributed by atoms with Gasteiger partial charge < -0.3 is 117 Å². The molecule has 6 N–H and O–H groups in total. The fourth-order valence-corrected chi connectivity index (χ4v) is 14.0. The summed E-state index contributed by atoms with van der Waals surface area (Å²) in [6.45, 7) is -46.4. The number of hydrogen-bond acceptors (Lipinski definition) is 24. The Kier molecular flexibility index (Phi) is 15.8. The van der Waals surface area contributed by atoms with Gasteiger partial charge in [-0.15, -0.1) is 0 Å². The molecular weight excluding hydrogens is 1860 g/mol. The molecule has 12 aromatic carbocycles. The number of hydrogen-bond donors (Lipinski definition) is 6. The minimum absolute atomic E-state index is 0.00539. The molecule has 6 unspecified atom stereocenters. The van der Waals surface area contributed by atoms with Crippen LogP contribution in [0.15, 0.2) is 254 Å². The van der Waals surface area contributed by atoms with Crippen molar-refractivity contribution in [1.29, 1.82) is 0 Å². The van der Waals surface area contributed by atoms with Gasteiger partial charge in [-0.05, 0) is 291 Å². The predicted molar refractivity (Wildman–Crippen MR) is 529 cm³/mol. The van der Waals surface area contributed by atoms with Gasteiger partial charge >= 0.3 is 0 Å². The van der Waals surface area contributed by atoms with Crippen LogP contribution in [0.4, 0.5) is 26.3 Å². The summed E-state index contributed by atoms with van der Waals surface area (Å²) in [6.07, 6.45) is -13.7. The standard InChI is InChI=1S/6C19H20FNO3/c6*20-15-3-1-13(2-4-15)17-7-8-21-10-14(17)11-22-16-5-6-18-19(9-16)24-12-23-18/h6*1-6,9,14,17,21H,7-8,10-12H2/t6*14-,17?/m111000/s1/i1D,2D,3D,4D,8D2,11D2,12D2,14D,17D;1D,2D,3D,4D,7D2,8D2,11D2,12D2,14D;1D,2D,3D,4D,7D2,8D2,12D2,14D;1D,2D,3D,4D,8D2,11D2,12D2,17D;1D,2D,3D,4D,7D2,8D2,11D2,12D2;1D,2D,3D,4D,7D2,8D2,12D2. The van der Waals surface area contributed by atoms with Crippen molar-refractivity contribution in [3.8, 4) is 103 Å². The maximum absolute atomic E-state index is 14.2. The molecule has 6 saturated heterocycles. The van der Waals surface area contributed by atoms with E-state index in [0.717, 1.165) is 24.3 Å². The first-order valence-electron chi connectivity index (χ1n) is 77.3. The summed E-state index contributed by atoms with van der Waals surface area (Å²) in [5, 5.41) is 14.0. The van der Waals surface area contributed by atoms with Gasteiger partial charge in [-0.3, -0.25) is 0 Å². The minimum Gasteiger partial charge on any atom is -0.493 e. The third-order valence-electron chi connectivity index (χ3n) is 21.2. The van der Waals surface area contributed by atoms with Crippen molar-refractivity contribution in [3.63, 3.8) is 0 Å². The summed E-state index contributed by atoms with van der Waals surface area (Å²) in [6, 6.07) is -1.57. The van der Waals surface area contributed by atoms with Crippen LogP contribution in [0.5, 0.6) is 103 Å². The Balaban J connectivity index is 0.000000150.